The molecule has 7 heteroatoms. The van der Waals surface area contributed by atoms with Crippen molar-refractivity contribution in [2.24, 2.45) is 0 Å². The summed E-state index contributed by atoms with van der Waals surface area (Å²) in [5.74, 6) is -0.00240. The largest absolute Gasteiger partial charge is 0.368 e. The van der Waals surface area contributed by atoms with E-state index in [0.717, 1.165) is 6.20 Å². The molecule has 16 heavy (non-hydrogen) atoms. The number of pyridine rings is 1. The number of hydrogen-bond acceptors (Lipinski definition) is 6. The summed E-state index contributed by atoms with van der Waals surface area (Å²) < 4.78 is 0. The van der Waals surface area contributed by atoms with Gasteiger partial charge in [-0.1, -0.05) is 0 Å². The topological polar surface area (TPSA) is 108 Å². The minimum absolute atomic E-state index is 0.00240. The molecule has 0 aliphatic carbocycles. The maximum absolute atomic E-state index is 10.8. The number of rotatable bonds is 2. The molecule has 0 amide bonds. The van der Waals surface area contributed by atoms with Gasteiger partial charge in [0.05, 0.1) is 4.92 Å². The molecule has 0 saturated heterocycles. The van der Waals surface area contributed by atoms with Gasteiger partial charge >= 0.3 is 5.69 Å². The molecular formula is C9H7N5O2. The van der Waals surface area contributed by atoms with E-state index in [0.29, 0.717) is 5.56 Å². The van der Waals surface area contributed by atoms with Gasteiger partial charge < -0.3 is 5.73 Å². The van der Waals surface area contributed by atoms with E-state index in [1.54, 1.807) is 12.1 Å². The minimum Gasteiger partial charge on any atom is -0.368 e. The SMILES string of the molecule is Nc1ncc([N+](=O)[O-])c(-c2ccncc2)n1. The van der Waals surface area contributed by atoms with Crippen LogP contribution in [0.15, 0.2) is 30.7 Å². The van der Waals surface area contributed by atoms with E-state index in [-0.39, 0.29) is 17.3 Å². The van der Waals surface area contributed by atoms with Gasteiger partial charge in [-0.3, -0.25) is 15.1 Å². The molecule has 2 aromatic heterocycles. The number of nitrogen functional groups attached to an aromatic ring is 1. The van der Waals surface area contributed by atoms with Crippen LogP contribution in [0.2, 0.25) is 0 Å². The zero-order chi connectivity index (χ0) is 11.5. The maximum Gasteiger partial charge on any atom is 0.313 e. The molecule has 2 aromatic rings. The number of nitrogens with two attached hydrogens (primary N) is 1. The van der Waals surface area contributed by atoms with Gasteiger partial charge in [0, 0.05) is 18.0 Å². The van der Waals surface area contributed by atoms with Gasteiger partial charge in [-0.15, -0.1) is 0 Å². The first-order chi connectivity index (χ1) is 7.68. The predicted octanol–water partition coefficient (Wildman–Crippen LogP) is 1.03. The Bertz CT molecular complexity index is 529. The average molecular weight is 217 g/mol. The zero-order valence-electron chi connectivity index (χ0n) is 8.07. The van der Waals surface area contributed by atoms with E-state index in [1.807, 2.05) is 0 Å². The molecule has 0 atom stereocenters. The van der Waals surface area contributed by atoms with Crippen LogP contribution in [0.3, 0.4) is 0 Å². The monoisotopic (exact) mass is 217 g/mol. The van der Waals surface area contributed by atoms with E-state index >= 15 is 0 Å². The van der Waals surface area contributed by atoms with Crippen molar-refractivity contribution in [3.8, 4) is 11.3 Å². The van der Waals surface area contributed by atoms with Gasteiger partial charge in [-0.05, 0) is 12.1 Å². The van der Waals surface area contributed by atoms with Crippen molar-refractivity contribution >= 4 is 11.6 Å². The molecule has 2 rings (SSSR count). The van der Waals surface area contributed by atoms with Crippen LogP contribution in [0.1, 0.15) is 0 Å². The molecule has 80 valence electrons. The molecule has 0 saturated carbocycles. The molecule has 0 fully saturated rings. The molecule has 0 spiro atoms. The van der Waals surface area contributed by atoms with Crippen molar-refractivity contribution < 1.29 is 4.92 Å². The summed E-state index contributed by atoms with van der Waals surface area (Å²) in [4.78, 5) is 21.5. The molecule has 0 aliphatic heterocycles. The van der Waals surface area contributed by atoms with E-state index in [1.165, 1.54) is 12.4 Å². The third-order valence-corrected chi connectivity index (χ3v) is 1.94. The summed E-state index contributed by atoms with van der Waals surface area (Å²) >= 11 is 0. The third kappa shape index (κ3) is 1.78. The molecule has 0 bridgehead atoms. The van der Waals surface area contributed by atoms with Gasteiger partial charge in [-0.2, -0.15) is 0 Å². The van der Waals surface area contributed by atoms with Crippen LogP contribution in [0.25, 0.3) is 11.3 Å². The number of hydrogen-bond donors (Lipinski definition) is 1. The van der Waals surface area contributed by atoms with Gasteiger partial charge in [0.15, 0.2) is 5.69 Å². The zero-order valence-corrected chi connectivity index (χ0v) is 8.07. The minimum atomic E-state index is -0.546. The van der Waals surface area contributed by atoms with Crippen molar-refractivity contribution in [1.82, 2.24) is 15.0 Å². The van der Waals surface area contributed by atoms with E-state index in [4.69, 9.17) is 5.73 Å². The highest BCUT2D eigenvalue weighted by molar-refractivity contribution is 5.69. The van der Waals surface area contributed by atoms with Gasteiger partial charge in [0.2, 0.25) is 5.95 Å². The lowest BCUT2D eigenvalue weighted by molar-refractivity contribution is -0.384. The first kappa shape index (κ1) is 9.97. The smallest absolute Gasteiger partial charge is 0.313 e. The summed E-state index contributed by atoms with van der Waals surface area (Å²) in [6.07, 6.45) is 4.15. The predicted molar refractivity (Wildman–Crippen MR) is 56.3 cm³/mol. The van der Waals surface area contributed by atoms with Gasteiger partial charge in [0.1, 0.15) is 6.20 Å². The van der Waals surface area contributed by atoms with Crippen LogP contribution in [0, 0.1) is 10.1 Å². The fraction of sp³-hybridized carbons (Fsp3) is 0. The Balaban J connectivity index is 2.63. The second-order valence-electron chi connectivity index (χ2n) is 2.96. The number of anilines is 1. The first-order valence-electron chi connectivity index (χ1n) is 4.36. The van der Waals surface area contributed by atoms with Crippen molar-refractivity contribution in [3.05, 3.63) is 40.8 Å². The van der Waals surface area contributed by atoms with Gasteiger partial charge in [0.25, 0.3) is 0 Å². The molecule has 0 aromatic carbocycles. The van der Waals surface area contributed by atoms with Crippen molar-refractivity contribution in [2.75, 3.05) is 5.73 Å². The Kier molecular flexibility index (Phi) is 2.42. The Hall–Kier alpha value is -2.57. The fourth-order valence-electron chi connectivity index (χ4n) is 1.24. The van der Waals surface area contributed by atoms with E-state index in [2.05, 4.69) is 15.0 Å². The molecule has 0 aliphatic rings. The summed E-state index contributed by atoms with van der Waals surface area (Å²) in [7, 11) is 0. The lowest BCUT2D eigenvalue weighted by atomic mass is 10.2. The summed E-state index contributed by atoms with van der Waals surface area (Å²) in [5, 5.41) is 10.8. The second-order valence-corrected chi connectivity index (χ2v) is 2.96. The van der Waals surface area contributed by atoms with E-state index < -0.39 is 4.92 Å². The summed E-state index contributed by atoms with van der Waals surface area (Å²) in [6, 6.07) is 3.24. The van der Waals surface area contributed by atoms with Crippen LogP contribution in [0.4, 0.5) is 11.6 Å². The van der Waals surface area contributed by atoms with Crippen LogP contribution in [-0.2, 0) is 0 Å². The third-order valence-electron chi connectivity index (χ3n) is 1.94. The van der Waals surface area contributed by atoms with Gasteiger partial charge in [-0.25, -0.2) is 9.97 Å². The average Bonchev–Trinajstić information content (AvgIpc) is 2.29. The standard InChI is InChI=1S/C9H7N5O2/c10-9-12-5-7(14(15)16)8(13-9)6-1-3-11-4-2-6/h1-5H,(H2,10,12,13). The van der Waals surface area contributed by atoms with Crippen molar-refractivity contribution in [2.45, 2.75) is 0 Å². The molecular weight excluding hydrogens is 210 g/mol. The van der Waals surface area contributed by atoms with Crippen LogP contribution < -0.4 is 5.73 Å². The highest BCUT2D eigenvalue weighted by atomic mass is 16.6. The Morgan fingerprint density at radius 3 is 2.62 bits per heavy atom. The highest BCUT2D eigenvalue weighted by Gasteiger charge is 2.17. The summed E-state index contributed by atoms with van der Waals surface area (Å²) in [6.45, 7) is 0. The highest BCUT2D eigenvalue weighted by Crippen LogP contribution is 2.26. The lowest BCUT2D eigenvalue weighted by Gasteiger charge is -2.01. The first-order valence-corrected chi connectivity index (χ1v) is 4.36. The quantitative estimate of drug-likeness (QED) is 0.594. The summed E-state index contributed by atoms with van der Waals surface area (Å²) in [5.41, 5.74) is 6.00. The Labute approximate surface area is 90.1 Å². The van der Waals surface area contributed by atoms with Crippen molar-refractivity contribution in [3.63, 3.8) is 0 Å². The second kappa shape index (κ2) is 3.89. The lowest BCUT2D eigenvalue weighted by Crippen LogP contribution is -2.01. The van der Waals surface area contributed by atoms with Crippen molar-refractivity contribution in [1.29, 1.82) is 0 Å². The normalized spacial score (nSPS) is 10.0. The van der Waals surface area contributed by atoms with Crippen LogP contribution in [0.5, 0.6) is 0 Å². The van der Waals surface area contributed by atoms with E-state index in [9.17, 15) is 10.1 Å². The van der Waals surface area contributed by atoms with Crippen LogP contribution >= 0.6 is 0 Å². The van der Waals surface area contributed by atoms with Crippen LogP contribution in [-0.4, -0.2) is 19.9 Å². The Morgan fingerprint density at radius 2 is 2.00 bits per heavy atom. The molecule has 2 N–H and O–H groups in total. The maximum atomic E-state index is 10.8. The molecule has 7 nitrogen and oxygen atoms in total. The number of nitro groups is 1. The number of aromatic nitrogens is 3. The Morgan fingerprint density at radius 1 is 1.31 bits per heavy atom. The number of nitrogens with zero attached hydrogens (tertiary/aromatic N) is 4. The molecule has 0 unspecified atom stereocenters. The fourth-order valence-corrected chi connectivity index (χ4v) is 1.24. The molecule has 0 radical (unpaired) electrons. The molecule has 2 heterocycles.